The first kappa shape index (κ1) is 13.3. The molecule has 0 saturated heterocycles. The van der Waals surface area contributed by atoms with Crippen LogP contribution in [0.15, 0.2) is 52.0 Å². The molecule has 0 radical (unpaired) electrons. The van der Waals surface area contributed by atoms with Crippen molar-refractivity contribution in [1.82, 2.24) is 4.90 Å². The molecule has 3 nitrogen and oxygen atoms in total. The van der Waals surface area contributed by atoms with E-state index < -0.39 is 0 Å². The van der Waals surface area contributed by atoms with E-state index in [1.54, 1.807) is 0 Å². The second-order valence-corrected chi connectivity index (χ2v) is 6.62. The van der Waals surface area contributed by atoms with E-state index in [1.807, 2.05) is 11.8 Å². The van der Waals surface area contributed by atoms with Crippen LogP contribution in [0.3, 0.4) is 0 Å². The van der Waals surface area contributed by atoms with Crippen LogP contribution in [0.1, 0.15) is 0 Å². The van der Waals surface area contributed by atoms with Gasteiger partial charge in [0, 0.05) is 44.5 Å². The summed E-state index contributed by atoms with van der Waals surface area (Å²) in [5.74, 6) is 0. The van der Waals surface area contributed by atoms with Crippen molar-refractivity contribution in [3.8, 4) is 0 Å². The van der Waals surface area contributed by atoms with Crippen LogP contribution in [0.2, 0.25) is 0 Å². The topological polar surface area (TPSA) is 18.8 Å². The Hall–Kier alpha value is -1.68. The van der Waals surface area contributed by atoms with E-state index in [2.05, 4.69) is 74.4 Å². The van der Waals surface area contributed by atoms with Crippen molar-refractivity contribution in [2.45, 2.75) is 10.1 Å². The van der Waals surface area contributed by atoms with E-state index in [0.717, 1.165) is 11.4 Å². The lowest BCUT2D eigenvalue weighted by atomic mass is 10.1. The third-order valence-electron chi connectivity index (χ3n) is 3.52. The van der Waals surface area contributed by atoms with E-state index in [-0.39, 0.29) is 0 Å². The Balaban J connectivity index is 1.97. The minimum absolute atomic E-state index is 0.322. The number of anilines is 1. The van der Waals surface area contributed by atoms with Gasteiger partial charge in [0.05, 0.1) is 16.6 Å². The molecule has 0 aromatic heterocycles. The highest BCUT2D eigenvalue weighted by atomic mass is 32.2. The standard InChI is InChI=1S/C16H19N3S/c1-18(2)11-5-7-13-15(9-11)20-16-10-12(19(3)4)6-8-14(16)17-13/h5-10,15H,1-4H3. The van der Waals surface area contributed by atoms with E-state index in [4.69, 9.17) is 4.99 Å². The zero-order valence-corrected chi connectivity index (χ0v) is 13.1. The summed E-state index contributed by atoms with van der Waals surface area (Å²) in [6.07, 6.45) is 6.56. The fraction of sp³-hybridized carbons (Fsp3) is 0.312. The molecule has 4 heteroatoms. The number of hydrogen-bond donors (Lipinski definition) is 0. The molecule has 0 saturated carbocycles. The summed E-state index contributed by atoms with van der Waals surface area (Å²) < 4.78 is 0. The van der Waals surface area contributed by atoms with E-state index in [0.29, 0.717) is 5.25 Å². The van der Waals surface area contributed by atoms with Crippen LogP contribution in [0.25, 0.3) is 0 Å². The van der Waals surface area contributed by atoms with Gasteiger partial charge < -0.3 is 9.80 Å². The molecule has 20 heavy (non-hydrogen) atoms. The Morgan fingerprint density at radius 2 is 1.85 bits per heavy atom. The van der Waals surface area contributed by atoms with Crippen LogP contribution in [0.4, 0.5) is 11.4 Å². The third kappa shape index (κ3) is 2.36. The highest BCUT2D eigenvalue weighted by Gasteiger charge is 2.24. The fourth-order valence-corrected chi connectivity index (χ4v) is 3.45. The van der Waals surface area contributed by atoms with Crippen LogP contribution < -0.4 is 4.90 Å². The fourth-order valence-electron chi connectivity index (χ4n) is 2.30. The van der Waals surface area contributed by atoms with E-state index in [9.17, 15) is 0 Å². The minimum atomic E-state index is 0.322. The molecule has 1 aromatic carbocycles. The summed E-state index contributed by atoms with van der Waals surface area (Å²) in [6, 6.07) is 6.46. The van der Waals surface area contributed by atoms with Crippen LogP contribution in [-0.2, 0) is 0 Å². The molecule has 1 aromatic rings. The molecule has 0 N–H and O–H groups in total. The van der Waals surface area contributed by atoms with E-state index >= 15 is 0 Å². The number of nitrogens with zero attached hydrogens (tertiary/aromatic N) is 3. The number of likely N-dealkylation sites (N-methyl/N-ethyl adjacent to an activating group) is 1. The first-order chi connectivity index (χ1) is 9.54. The number of benzene rings is 1. The smallest absolute Gasteiger partial charge is 0.0771 e. The van der Waals surface area contributed by atoms with Gasteiger partial charge in [0.1, 0.15) is 0 Å². The van der Waals surface area contributed by atoms with Gasteiger partial charge in [0.25, 0.3) is 0 Å². The number of fused-ring (bicyclic) bond motifs is 2. The molecular formula is C16H19N3S. The van der Waals surface area contributed by atoms with Crippen molar-refractivity contribution in [3.05, 3.63) is 42.1 Å². The van der Waals surface area contributed by atoms with Crippen molar-refractivity contribution in [2.24, 2.45) is 4.99 Å². The van der Waals surface area contributed by atoms with Crippen molar-refractivity contribution in [1.29, 1.82) is 0 Å². The van der Waals surface area contributed by atoms with Gasteiger partial charge in [-0.25, -0.2) is 0 Å². The summed E-state index contributed by atoms with van der Waals surface area (Å²) in [5, 5.41) is 0.322. The second-order valence-electron chi connectivity index (χ2n) is 5.44. The Bertz CT molecular complexity index is 627. The second kappa shape index (κ2) is 5.02. The van der Waals surface area contributed by atoms with E-state index in [1.165, 1.54) is 16.3 Å². The molecule has 0 amide bonds. The van der Waals surface area contributed by atoms with Gasteiger partial charge in [-0.2, -0.15) is 0 Å². The lowest BCUT2D eigenvalue weighted by Gasteiger charge is -2.27. The van der Waals surface area contributed by atoms with Gasteiger partial charge in [-0.05, 0) is 36.4 Å². The summed E-state index contributed by atoms with van der Waals surface area (Å²) in [4.78, 5) is 10.3. The number of aliphatic imine (C=N–C) groups is 1. The quantitative estimate of drug-likeness (QED) is 0.831. The first-order valence-electron chi connectivity index (χ1n) is 6.68. The molecular weight excluding hydrogens is 266 g/mol. The lowest BCUT2D eigenvalue weighted by molar-refractivity contribution is 0.528. The van der Waals surface area contributed by atoms with Crippen LogP contribution in [-0.4, -0.2) is 44.1 Å². The molecule has 1 aliphatic carbocycles. The Kier molecular flexibility index (Phi) is 3.34. The zero-order chi connectivity index (χ0) is 14.3. The predicted octanol–water partition coefficient (Wildman–Crippen LogP) is 3.31. The largest absolute Gasteiger partial charge is 0.378 e. The highest BCUT2D eigenvalue weighted by molar-refractivity contribution is 8.01. The molecule has 0 spiro atoms. The Morgan fingerprint density at radius 1 is 1.05 bits per heavy atom. The van der Waals surface area contributed by atoms with Gasteiger partial charge in [0.15, 0.2) is 0 Å². The van der Waals surface area contributed by atoms with Gasteiger partial charge in [-0.1, -0.05) is 0 Å². The molecule has 2 aliphatic rings. The number of hydrogen-bond acceptors (Lipinski definition) is 4. The van der Waals surface area contributed by atoms with Gasteiger partial charge in [-0.3, -0.25) is 4.99 Å². The summed E-state index contributed by atoms with van der Waals surface area (Å²) in [7, 11) is 8.28. The molecule has 1 aliphatic heterocycles. The summed E-state index contributed by atoms with van der Waals surface area (Å²) in [6.45, 7) is 0. The molecule has 0 bridgehead atoms. The molecule has 1 atom stereocenters. The maximum absolute atomic E-state index is 4.79. The van der Waals surface area contributed by atoms with Crippen LogP contribution in [0.5, 0.6) is 0 Å². The first-order valence-corrected chi connectivity index (χ1v) is 7.56. The van der Waals surface area contributed by atoms with Gasteiger partial charge in [0.2, 0.25) is 0 Å². The lowest BCUT2D eigenvalue weighted by Crippen LogP contribution is -2.22. The predicted molar refractivity (Wildman–Crippen MR) is 88.4 cm³/mol. The minimum Gasteiger partial charge on any atom is -0.378 e. The summed E-state index contributed by atoms with van der Waals surface area (Å²) in [5.41, 5.74) is 4.69. The SMILES string of the molecule is CN(C)C1=CC2Sc3cc(N(C)C)ccc3N=C2C=C1. The van der Waals surface area contributed by atoms with Crippen molar-refractivity contribution in [3.63, 3.8) is 0 Å². The van der Waals surface area contributed by atoms with Gasteiger partial charge >= 0.3 is 0 Å². The maximum Gasteiger partial charge on any atom is 0.0771 e. The molecule has 1 unspecified atom stereocenters. The average molecular weight is 285 g/mol. The normalized spacial score (nSPS) is 19.7. The highest BCUT2D eigenvalue weighted by Crippen LogP contribution is 2.41. The monoisotopic (exact) mass is 285 g/mol. The molecule has 1 heterocycles. The number of allylic oxidation sites excluding steroid dienone is 2. The number of thioether (sulfide) groups is 1. The Labute approximate surface area is 124 Å². The van der Waals surface area contributed by atoms with Crippen LogP contribution in [0, 0.1) is 0 Å². The molecule has 104 valence electrons. The Morgan fingerprint density at radius 3 is 2.55 bits per heavy atom. The zero-order valence-electron chi connectivity index (χ0n) is 12.3. The number of rotatable bonds is 2. The van der Waals surface area contributed by atoms with Crippen molar-refractivity contribution >= 4 is 28.8 Å². The summed E-state index contributed by atoms with van der Waals surface area (Å²) >= 11 is 1.88. The van der Waals surface area contributed by atoms with Crippen LogP contribution >= 0.6 is 11.8 Å². The van der Waals surface area contributed by atoms with Crippen molar-refractivity contribution in [2.75, 3.05) is 33.1 Å². The third-order valence-corrected chi connectivity index (χ3v) is 4.73. The van der Waals surface area contributed by atoms with Gasteiger partial charge in [-0.15, -0.1) is 11.8 Å². The van der Waals surface area contributed by atoms with Crippen molar-refractivity contribution < 1.29 is 0 Å². The molecule has 0 fully saturated rings. The maximum atomic E-state index is 4.79. The molecule has 3 rings (SSSR count). The average Bonchev–Trinajstić information content (AvgIpc) is 2.43.